The van der Waals surface area contributed by atoms with Crippen molar-refractivity contribution in [2.45, 2.75) is 31.8 Å². The zero-order valence-electron chi connectivity index (χ0n) is 8.79. The zero-order chi connectivity index (χ0) is 9.97. The molecular weight excluding hydrogens is 172 g/mol. The second-order valence-corrected chi connectivity index (χ2v) is 4.23. The summed E-state index contributed by atoms with van der Waals surface area (Å²) in [6.45, 7) is 5.66. The van der Waals surface area contributed by atoms with E-state index in [2.05, 4.69) is 29.1 Å². The normalized spacial score (nSPS) is 33.9. The molecule has 0 aromatic rings. The van der Waals surface area contributed by atoms with Gasteiger partial charge in [0.15, 0.2) is 0 Å². The van der Waals surface area contributed by atoms with Crippen LogP contribution in [0.15, 0.2) is 11.6 Å². The molecule has 2 atom stereocenters. The van der Waals surface area contributed by atoms with Crippen LogP contribution in [0.25, 0.3) is 0 Å². The highest BCUT2D eigenvalue weighted by atomic mass is 15.2. The number of nitrogens with one attached hydrogen (secondary N) is 1. The SMILES string of the molecule is C#CC1=C[C@H](N2CCNCC2C)CC1. The number of piperazine rings is 1. The smallest absolute Gasteiger partial charge is 0.0297 e. The summed E-state index contributed by atoms with van der Waals surface area (Å²) in [7, 11) is 0. The molecule has 2 rings (SSSR count). The Labute approximate surface area is 86.4 Å². The predicted molar refractivity (Wildman–Crippen MR) is 59.0 cm³/mol. The van der Waals surface area contributed by atoms with Gasteiger partial charge in [-0.15, -0.1) is 6.42 Å². The Kier molecular flexibility index (Phi) is 2.90. The second kappa shape index (κ2) is 4.16. The summed E-state index contributed by atoms with van der Waals surface area (Å²) in [5.74, 6) is 2.77. The van der Waals surface area contributed by atoms with E-state index in [1.165, 1.54) is 12.0 Å². The van der Waals surface area contributed by atoms with E-state index in [1.54, 1.807) is 0 Å². The summed E-state index contributed by atoms with van der Waals surface area (Å²) in [6.07, 6.45) is 10.00. The van der Waals surface area contributed by atoms with Crippen LogP contribution < -0.4 is 5.32 Å². The van der Waals surface area contributed by atoms with Gasteiger partial charge in [-0.3, -0.25) is 4.90 Å². The van der Waals surface area contributed by atoms with Crippen molar-refractivity contribution in [3.63, 3.8) is 0 Å². The molecule has 1 N–H and O–H groups in total. The zero-order valence-corrected chi connectivity index (χ0v) is 8.79. The fraction of sp³-hybridized carbons (Fsp3) is 0.667. The Morgan fingerprint density at radius 1 is 1.64 bits per heavy atom. The van der Waals surface area contributed by atoms with Gasteiger partial charge in [-0.25, -0.2) is 0 Å². The van der Waals surface area contributed by atoms with Gasteiger partial charge < -0.3 is 5.32 Å². The fourth-order valence-electron chi connectivity index (χ4n) is 2.43. The summed E-state index contributed by atoms with van der Waals surface area (Å²) in [4.78, 5) is 2.57. The first kappa shape index (κ1) is 9.76. The van der Waals surface area contributed by atoms with Crippen LogP contribution in [0.4, 0.5) is 0 Å². The first-order chi connectivity index (χ1) is 6.81. The van der Waals surface area contributed by atoms with Gasteiger partial charge in [0.1, 0.15) is 0 Å². The number of hydrogen-bond acceptors (Lipinski definition) is 2. The molecule has 1 fully saturated rings. The van der Waals surface area contributed by atoms with Gasteiger partial charge >= 0.3 is 0 Å². The highest BCUT2D eigenvalue weighted by Crippen LogP contribution is 2.24. The van der Waals surface area contributed by atoms with Crippen LogP contribution in [0.1, 0.15) is 19.8 Å². The van der Waals surface area contributed by atoms with Crippen LogP contribution in [0.3, 0.4) is 0 Å². The first-order valence-corrected chi connectivity index (χ1v) is 5.45. The molecule has 2 aliphatic rings. The van der Waals surface area contributed by atoms with Crippen molar-refractivity contribution in [3.05, 3.63) is 11.6 Å². The number of hydrogen-bond donors (Lipinski definition) is 1. The maximum absolute atomic E-state index is 5.41. The number of allylic oxidation sites excluding steroid dienone is 1. The standard InChI is InChI=1S/C12H18N2/c1-3-11-4-5-12(8-11)14-7-6-13-9-10(14)2/h1,8,10,12-13H,4-7,9H2,2H3/t10?,12-/m1/s1. The van der Waals surface area contributed by atoms with Gasteiger partial charge in [0.05, 0.1) is 0 Å². The lowest BCUT2D eigenvalue weighted by Gasteiger charge is -2.37. The van der Waals surface area contributed by atoms with Crippen molar-refractivity contribution in [1.82, 2.24) is 10.2 Å². The molecule has 0 radical (unpaired) electrons. The van der Waals surface area contributed by atoms with Gasteiger partial charge in [-0.2, -0.15) is 0 Å². The quantitative estimate of drug-likeness (QED) is 0.621. The Bertz CT molecular complexity index is 275. The molecule has 2 heteroatoms. The maximum Gasteiger partial charge on any atom is 0.0297 e. The van der Waals surface area contributed by atoms with Gasteiger partial charge in [-0.1, -0.05) is 12.0 Å². The Morgan fingerprint density at radius 2 is 2.50 bits per heavy atom. The number of terminal acetylenes is 1. The summed E-state index contributed by atoms with van der Waals surface area (Å²) >= 11 is 0. The molecule has 0 bridgehead atoms. The average Bonchev–Trinajstić information content (AvgIpc) is 2.67. The van der Waals surface area contributed by atoms with Crippen molar-refractivity contribution in [2.75, 3.05) is 19.6 Å². The molecule has 0 amide bonds. The average molecular weight is 190 g/mol. The van der Waals surface area contributed by atoms with E-state index in [1.807, 2.05) is 0 Å². The summed E-state index contributed by atoms with van der Waals surface area (Å²) in [5, 5.41) is 3.41. The van der Waals surface area contributed by atoms with Crippen molar-refractivity contribution < 1.29 is 0 Å². The van der Waals surface area contributed by atoms with Crippen molar-refractivity contribution >= 4 is 0 Å². The molecule has 0 aromatic heterocycles. The van der Waals surface area contributed by atoms with Crippen molar-refractivity contribution in [2.24, 2.45) is 0 Å². The molecule has 0 spiro atoms. The third kappa shape index (κ3) is 1.84. The molecule has 1 unspecified atom stereocenters. The summed E-state index contributed by atoms with van der Waals surface area (Å²) in [5.41, 5.74) is 1.20. The molecule has 2 nitrogen and oxygen atoms in total. The van der Waals surface area contributed by atoms with Gasteiger partial charge in [0.25, 0.3) is 0 Å². The molecule has 1 aliphatic carbocycles. The van der Waals surface area contributed by atoms with E-state index in [0.717, 1.165) is 26.1 Å². The van der Waals surface area contributed by atoms with Crippen LogP contribution in [0.5, 0.6) is 0 Å². The Morgan fingerprint density at radius 3 is 3.14 bits per heavy atom. The molecule has 1 saturated heterocycles. The largest absolute Gasteiger partial charge is 0.314 e. The molecule has 0 saturated carbocycles. The third-order valence-electron chi connectivity index (χ3n) is 3.27. The van der Waals surface area contributed by atoms with E-state index < -0.39 is 0 Å². The minimum Gasteiger partial charge on any atom is -0.314 e. The second-order valence-electron chi connectivity index (χ2n) is 4.23. The van der Waals surface area contributed by atoms with E-state index >= 15 is 0 Å². The molecule has 1 heterocycles. The lowest BCUT2D eigenvalue weighted by molar-refractivity contribution is 0.139. The monoisotopic (exact) mass is 190 g/mol. The molecular formula is C12H18N2. The lowest BCUT2D eigenvalue weighted by Crippen LogP contribution is -2.52. The van der Waals surface area contributed by atoms with Crippen LogP contribution in [0, 0.1) is 12.3 Å². The Hall–Kier alpha value is -0.780. The van der Waals surface area contributed by atoms with Gasteiger partial charge in [0.2, 0.25) is 0 Å². The third-order valence-corrected chi connectivity index (χ3v) is 3.27. The molecule has 14 heavy (non-hydrogen) atoms. The van der Waals surface area contributed by atoms with Gasteiger partial charge in [-0.05, 0) is 25.3 Å². The maximum atomic E-state index is 5.41. The van der Waals surface area contributed by atoms with Crippen molar-refractivity contribution in [1.29, 1.82) is 0 Å². The number of rotatable bonds is 1. The lowest BCUT2D eigenvalue weighted by atomic mass is 10.1. The molecule has 1 aliphatic heterocycles. The van der Waals surface area contributed by atoms with E-state index in [4.69, 9.17) is 6.42 Å². The number of nitrogens with zero attached hydrogens (tertiary/aromatic N) is 1. The van der Waals surface area contributed by atoms with Crippen LogP contribution >= 0.6 is 0 Å². The van der Waals surface area contributed by atoms with Crippen molar-refractivity contribution in [3.8, 4) is 12.3 Å². The first-order valence-electron chi connectivity index (χ1n) is 5.45. The van der Waals surface area contributed by atoms with Gasteiger partial charge in [0, 0.05) is 31.7 Å². The minimum atomic E-state index is 0.596. The van der Waals surface area contributed by atoms with E-state index in [0.29, 0.717) is 12.1 Å². The summed E-state index contributed by atoms with van der Waals surface area (Å²) in [6, 6.07) is 1.24. The van der Waals surface area contributed by atoms with E-state index in [-0.39, 0.29) is 0 Å². The minimum absolute atomic E-state index is 0.596. The van der Waals surface area contributed by atoms with Crippen LogP contribution in [-0.2, 0) is 0 Å². The summed E-state index contributed by atoms with van der Waals surface area (Å²) < 4.78 is 0. The van der Waals surface area contributed by atoms with E-state index in [9.17, 15) is 0 Å². The highest BCUT2D eigenvalue weighted by molar-refractivity contribution is 5.31. The Balaban J connectivity index is 2.01. The topological polar surface area (TPSA) is 15.3 Å². The highest BCUT2D eigenvalue weighted by Gasteiger charge is 2.27. The van der Waals surface area contributed by atoms with Crippen LogP contribution in [0.2, 0.25) is 0 Å². The van der Waals surface area contributed by atoms with Crippen LogP contribution in [-0.4, -0.2) is 36.6 Å². The fourth-order valence-corrected chi connectivity index (χ4v) is 2.43. The molecule has 76 valence electrons. The molecule has 0 aromatic carbocycles. The predicted octanol–water partition coefficient (Wildman–Crippen LogP) is 1.00.